The number of nitrogens with zero attached hydrogens (tertiary/aromatic N) is 2. The molecule has 0 atom stereocenters. The van der Waals surface area contributed by atoms with Gasteiger partial charge in [-0.05, 0) is 23.9 Å². The lowest BCUT2D eigenvalue weighted by atomic mass is 10.3. The average molecular weight is 291 g/mol. The highest BCUT2D eigenvalue weighted by atomic mass is 32.1. The molecule has 2 aromatic rings. The van der Waals surface area contributed by atoms with Crippen molar-refractivity contribution >= 4 is 17.2 Å². The summed E-state index contributed by atoms with van der Waals surface area (Å²) in [6, 6.07) is 6.76. The molecule has 0 aromatic carbocycles. The second-order valence-electron chi connectivity index (χ2n) is 4.40. The Morgan fingerprint density at radius 3 is 2.95 bits per heavy atom. The van der Waals surface area contributed by atoms with Gasteiger partial charge in [-0.3, -0.25) is 9.59 Å². The number of thiophene rings is 1. The fourth-order valence-corrected chi connectivity index (χ4v) is 2.35. The molecule has 0 unspecified atom stereocenters. The second-order valence-corrected chi connectivity index (χ2v) is 5.43. The topological polar surface area (TPSA) is 64.0 Å². The van der Waals surface area contributed by atoms with Gasteiger partial charge >= 0.3 is 0 Å². The predicted molar refractivity (Wildman–Crippen MR) is 78.9 cm³/mol. The van der Waals surface area contributed by atoms with E-state index in [1.807, 2.05) is 24.4 Å². The molecule has 6 heteroatoms. The first kappa shape index (κ1) is 14.5. The Labute approximate surface area is 121 Å². The van der Waals surface area contributed by atoms with Gasteiger partial charge in [0.1, 0.15) is 5.69 Å². The molecule has 0 aliphatic carbocycles. The van der Waals surface area contributed by atoms with E-state index < -0.39 is 0 Å². The molecular weight excluding hydrogens is 274 g/mol. The van der Waals surface area contributed by atoms with Gasteiger partial charge < -0.3 is 5.32 Å². The number of carbonyl (C=O) groups excluding carboxylic acids is 1. The Hall–Kier alpha value is -1.95. The van der Waals surface area contributed by atoms with Crippen molar-refractivity contribution in [2.24, 2.45) is 0 Å². The molecule has 2 heterocycles. The number of rotatable bonds is 6. The van der Waals surface area contributed by atoms with Crippen molar-refractivity contribution in [3.05, 3.63) is 50.6 Å². The van der Waals surface area contributed by atoms with Crippen LogP contribution in [-0.2, 0) is 13.1 Å². The molecular formula is C14H17N3O2S. The molecule has 0 bridgehead atoms. The molecule has 0 spiro atoms. The standard InChI is InChI=1S/C14H17N3O2S/c1-2-3-8-17-13(18)7-6-12(16-17)14(19)15-10-11-5-4-9-20-11/h4-7,9H,2-3,8,10H2,1H3,(H,15,19). The molecule has 0 aliphatic rings. The number of hydrogen-bond donors (Lipinski definition) is 1. The van der Waals surface area contributed by atoms with Crippen LogP contribution >= 0.6 is 11.3 Å². The number of amides is 1. The van der Waals surface area contributed by atoms with Crippen molar-refractivity contribution in [1.82, 2.24) is 15.1 Å². The van der Waals surface area contributed by atoms with Crippen molar-refractivity contribution in [3.8, 4) is 0 Å². The van der Waals surface area contributed by atoms with E-state index in [1.54, 1.807) is 11.3 Å². The summed E-state index contributed by atoms with van der Waals surface area (Å²) in [5.41, 5.74) is 0.102. The van der Waals surface area contributed by atoms with E-state index in [0.717, 1.165) is 17.7 Å². The molecule has 0 aliphatic heterocycles. The van der Waals surface area contributed by atoms with E-state index in [0.29, 0.717) is 13.1 Å². The number of aryl methyl sites for hydroxylation is 1. The summed E-state index contributed by atoms with van der Waals surface area (Å²) in [6.07, 6.45) is 1.84. The molecule has 1 amide bonds. The van der Waals surface area contributed by atoms with Crippen molar-refractivity contribution in [1.29, 1.82) is 0 Å². The molecule has 20 heavy (non-hydrogen) atoms. The average Bonchev–Trinajstić information content (AvgIpc) is 2.97. The minimum atomic E-state index is -0.261. The third kappa shape index (κ3) is 3.77. The Morgan fingerprint density at radius 2 is 2.25 bits per heavy atom. The van der Waals surface area contributed by atoms with Crippen LogP contribution in [0.2, 0.25) is 0 Å². The normalized spacial score (nSPS) is 10.4. The molecule has 0 saturated heterocycles. The maximum absolute atomic E-state index is 12.0. The zero-order chi connectivity index (χ0) is 14.4. The quantitative estimate of drug-likeness (QED) is 0.885. The Kier molecular flexibility index (Phi) is 5.06. The molecule has 2 aromatic heterocycles. The Balaban J connectivity index is 2.03. The lowest BCUT2D eigenvalue weighted by Gasteiger charge is -2.06. The highest BCUT2D eigenvalue weighted by Gasteiger charge is 2.09. The van der Waals surface area contributed by atoms with Crippen LogP contribution in [0.4, 0.5) is 0 Å². The van der Waals surface area contributed by atoms with Gasteiger partial charge in [0.25, 0.3) is 11.5 Å². The van der Waals surface area contributed by atoms with E-state index in [4.69, 9.17) is 0 Å². The maximum atomic E-state index is 12.0. The van der Waals surface area contributed by atoms with Gasteiger partial charge in [0.05, 0.1) is 6.54 Å². The van der Waals surface area contributed by atoms with Crippen LogP contribution < -0.4 is 10.9 Å². The Morgan fingerprint density at radius 1 is 1.40 bits per heavy atom. The van der Waals surface area contributed by atoms with Crippen molar-refractivity contribution in [2.75, 3.05) is 0 Å². The summed E-state index contributed by atoms with van der Waals surface area (Å²) >= 11 is 1.59. The first-order chi connectivity index (χ1) is 9.70. The molecule has 0 saturated carbocycles. The van der Waals surface area contributed by atoms with Gasteiger partial charge in [0.2, 0.25) is 0 Å². The van der Waals surface area contributed by atoms with Gasteiger partial charge in [0.15, 0.2) is 0 Å². The van der Waals surface area contributed by atoms with Crippen LogP contribution in [0.25, 0.3) is 0 Å². The van der Waals surface area contributed by atoms with Crippen LogP contribution in [0.5, 0.6) is 0 Å². The van der Waals surface area contributed by atoms with Crippen molar-refractivity contribution in [3.63, 3.8) is 0 Å². The fraction of sp³-hybridized carbons (Fsp3) is 0.357. The predicted octanol–water partition coefficient (Wildman–Crippen LogP) is 2.03. The summed E-state index contributed by atoms with van der Waals surface area (Å²) in [7, 11) is 0. The first-order valence-electron chi connectivity index (χ1n) is 6.59. The summed E-state index contributed by atoms with van der Waals surface area (Å²) in [6.45, 7) is 3.07. The third-order valence-electron chi connectivity index (χ3n) is 2.83. The maximum Gasteiger partial charge on any atom is 0.272 e. The molecule has 2 rings (SSSR count). The van der Waals surface area contributed by atoms with Gasteiger partial charge in [-0.15, -0.1) is 11.3 Å². The molecule has 106 valence electrons. The molecule has 0 fully saturated rings. The van der Waals surface area contributed by atoms with Crippen LogP contribution in [-0.4, -0.2) is 15.7 Å². The van der Waals surface area contributed by atoms with E-state index in [2.05, 4.69) is 10.4 Å². The highest BCUT2D eigenvalue weighted by molar-refractivity contribution is 7.09. The van der Waals surface area contributed by atoms with Gasteiger partial charge in [-0.25, -0.2) is 4.68 Å². The van der Waals surface area contributed by atoms with Crippen LogP contribution in [0, 0.1) is 0 Å². The van der Waals surface area contributed by atoms with E-state index in [1.165, 1.54) is 16.8 Å². The monoisotopic (exact) mass is 291 g/mol. The number of hydrogen-bond acceptors (Lipinski definition) is 4. The smallest absolute Gasteiger partial charge is 0.272 e. The van der Waals surface area contributed by atoms with Crippen molar-refractivity contribution in [2.45, 2.75) is 32.9 Å². The van der Waals surface area contributed by atoms with Crippen LogP contribution in [0.15, 0.2) is 34.4 Å². The van der Waals surface area contributed by atoms with E-state index in [-0.39, 0.29) is 17.2 Å². The zero-order valence-electron chi connectivity index (χ0n) is 11.3. The van der Waals surface area contributed by atoms with E-state index in [9.17, 15) is 9.59 Å². The zero-order valence-corrected chi connectivity index (χ0v) is 12.2. The minimum Gasteiger partial charge on any atom is -0.346 e. The number of nitrogens with one attached hydrogen (secondary N) is 1. The minimum absolute atomic E-state index is 0.173. The summed E-state index contributed by atoms with van der Waals surface area (Å²) in [5, 5.41) is 8.87. The highest BCUT2D eigenvalue weighted by Crippen LogP contribution is 2.07. The first-order valence-corrected chi connectivity index (χ1v) is 7.47. The van der Waals surface area contributed by atoms with Gasteiger partial charge in [-0.1, -0.05) is 19.4 Å². The summed E-state index contributed by atoms with van der Waals surface area (Å²) in [4.78, 5) is 24.7. The van der Waals surface area contributed by atoms with Gasteiger partial charge in [0, 0.05) is 17.5 Å². The summed E-state index contributed by atoms with van der Waals surface area (Å²) < 4.78 is 1.35. The SMILES string of the molecule is CCCCn1nc(C(=O)NCc2cccs2)ccc1=O. The molecule has 5 nitrogen and oxygen atoms in total. The molecule has 0 radical (unpaired) electrons. The van der Waals surface area contributed by atoms with Crippen LogP contribution in [0.3, 0.4) is 0 Å². The second kappa shape index (κ2) is 7.00. The lowest BCUT2D eigenvalue weighted by molar-refractivity contribution is 0.0943. The van der Waals surface area contributed by atoms with Gasteiger partial charge in [-0.2, -0.15) is 5.10 Å². The fourth-order valence-electron chi connectivity index (χ4n) is 1.71. The lowest BCUT2D eigenvalue weighted by Crippen LogP contribution is -2.29. The van der Waals surface area contributed by atoms with Crippen LogP contribution in [0.1, 0.15) is 35.1 Å². The number of unbranched alkanes of at least 4 members (excludes halogenated alkanes) is 1. The van der Waals surface area contributed by atoms with Crippen molar-refractivity contribution < 1.29 is 4.79 Å². The van der Waals surface area contributed by atoms with E-state index >= 15 is 0 Å². The number of carbonyl (C=O) groups is 1. The largest absolute Gasteiger partial charge is 0.346 e. The molecule has 1 N–H and O–H groups in total. The number of aromatic nitrogens is 2. The Bertz CT molecular complexity index is 620. The summed E-state index contributed by atoms with van der Waals surface area (Å²) in [5.74, 6) is -0.261. The third-order valence-corrected chi connectivity index (χ3v) is 3.70.